The van der Waals surface area contributed by atoms with E-state index in [4.69, 9.17) is 0 Å². The van der Waals surface area contributed by atoms with E-state index in [9.17, 15) is 4.79 Å². The van der Waals surface area contributed by atoms with Crippen molar-refractivity contribution in [2.75, 3.05) is 51.2 Å². The molecule has 0 saturated carbocycles. The van der Waals surface area contributed by atoms with Crippen LogP contribution in [-0.2, 0) is 4.79 Å². The van der Waals surface area contributed by atoms with E-state index < -0.39 is 0 Å². The molecule has 2 aliphatic heterocycles. The van der Waals surface area contributed by atoms with Gasteiger partial charge in [-0.1, -0.05) is 0 Å². The number of aryl methyl sites for hydroxylation is 1. The van der Waals surface area contributed by atoms with Gasteiger partial charge in [-0.15, -0.1) is 0 Å². The smallest absolute Gasteiger partial charge is 0.222 e. The summed E-state index contributed by atoms with van der Waals surface area (Å²) in [5.74, 6) is 0.934. The first-order valence-electron chi connectivity index (χ1n) is 8.76. The van der Waals surface area contributed by atoms with Crippen LogP contribution in [0.1, 0.15) is 25.0 Å². The van der Waals surface area contributed by atoms with Gasteiger partial charge in [-0.05, 0) is 44.4 Å². The van der Waals surface area contributed by atoms with Crippen LogP contribution in [0.5, 0.6) is 0 Å². The summed E-state index contributed by atoms with van der Waals surface area (Å²) in [5, 5.41) is 0. The van der Waals surface area contributed by atoms with Gasteiger partial charge < -0.3 is 14.7 Å². The molecule has 3 heterocycles. The van der Waals surface area contributed by atoms with Gasteiger partial charge >= 0.3 is 0 Å². The predicted octanol–water partition coefficient (Wildman–Crippen LogP) is 1.77. The highest BCUT2D eigenvalue weighted by Crippen LogP contribution is 2.20. The molecule has 2 fully saturated rings. The van der Waals surface area contributed by atoms with Crippen LogP contribution in [-0.4, -0.2) is 67.0 Å². The van der Waals surface area contributed by atoms with Crippen LogP contribution >= 0.6 is 0 Å². The number of aromatic nitrogens is 1. The average Bonchev–Trinajstić information content (AvgIpc) is 2.77. The number of likely N-dealkylation sites (tertiary alicyclic amines) is 1. The quantitative estimate of drug-likeness (QED) is 0.852. The van der Waals surface area contributed by atoms with Gasteiger partial charge in [0.1, 0.15) is 0 Å². The summed E-state index contributed by atoms with van der Waals surface area (Å²) in [6, 6.07) is 4.29. The SMILES string of the molecule is Cc1cc(N2CCCN(CC3CCC(=O)N(C)C3)CC2)ccn1. The number of nitrogens with zero attached hydrogens (tertiary/aromatic N) is 4. The Bertz CT molecular complexity index is 548. The molecule has 0 aliphatic carbocycles. The second-order valence-electron chi connectivity index (χ2n) is 6.98. The van der Waals surface area contributed by atoms with Crippen molar-refractivity contribution in [2.45, 2.75) is 26.2 Å². The molecule has 5 heteroatoms. The number of hydrogen-bond donors (Lipinski definition) is 0. The van der Waals surface area contributed by atoms with Crippen molar-refractivity contribution >= 4 is 11.6 Å². The van der Waals surface area contributed by atoms with Crippen molar-refractivity contribution in [3.63, 3.8) is 0 Å². The number of anilines is 1. The molecule has 0 N–H and O–H groups in total. The molecule has 0 bridgehead atoms. The monoisotopic (exact) mass is 316 g/mol. The second-order valence-corrected chi connectivity index (χ2v) is 6.98. The zero-order chi connectivity index (χ0) is 16.2. The normalized spacial score (nSPS) is 23.9. The molecule has 0 spiro atoms. The highest BCUT2D eigenvalue weighted by atomic mass is 16.2. The first-order valence-corrected chi connectivity index (χ1v) is 8.76. The van der Waals surface area contributed by atoms with Gasteiger partial charge in [0.2, 0.25) is 5.91 Å². The summed E-state index contributed by atoms with van der Waals surface area (Å²) in [6.07, 6.45) is 4.87. The number of hydrogen-bond acceptors (Lipinski definition) is 4. The van der Waals surface area contributed by atoms with E-state index in [2.05, 4.69) is 33.8 Å². The Kier molecular flexibility index (Phi) is 5.16. The minimum Gasteiger partial charge on any atom is -0.370 e. The van der Waals surface area contributed by atoms with Gasteiger partial charge in [0.05, 0.1) is 0 Å². The van der Waals surface area contributed by atoms with Gasteiger partial charge in [0.15, 0.2) is 0 Å². The molecule has 1 aromatic heterocycles. The minimum atomic E-state index is 0.302. The first-order chi connectivity index (χ1) is 11.1. The van der Waals surface area contributed by atoms with E-state index in [-0.39, 0.29) is 0 Å². The number of piperidine rings is 1. The lowest BCUT2D eigenvalue weighted by atomic mass is 9.97. The second kappa shape index (κ2) is 7.30. The Morgan fingerprint density at radius 1 is 1.26 bits per heavy atom. The summed E-state index contributed by atoms with van der Waals surface area (Å²) < 4.78 is 0. The van der Waals surface area contributed by atoms with Crippen molar-refractivity contribution in [3.05, 3.63) is 24.0 Å². The summed E-state index contributed by atoms with van der Waals surface area (Å²) in [5.41, 5.74) is 2.38. The Balaban J connectivity index is 1.53. The number of carbonyl (C=O) groups excluding carboxylic acids is 1. The molecule has 5 nitrogen and oxygen atoms in total. The molecule has 126 valence electrons. The van der Waals surface area contributed by atoms with E-state index in [1.165, 1.54) is 12.1 Å². The van der Waals surface area contributed by atoms with Gasteiger partial charge in [-0.25, -0.2) is 0 Å². The zero-order valence-electron chi connectivity index (χ0n) is 14.4. The molecule has 1 aromatic rings. The Morgan fingerprint density at radius 2 is 2.13 bits per heavy atom. The summed E-state index contributed by atoms with van der Waals surface area (Å²) in [7, 11) is 1.93. The number of amides is 1. The van der Waals surface area contributed by atoms with Crippen LogP contribution < -0.4 is 4.90 Å². The summed E-state index contributed by atoms with van der Waals surface area (Å²) >= 11 is 0. The third-order valence-corrected chi connectivity index (χ3v) is 5.07. The van der Waals surface area contributed by atoms with Gasteiger partial charge in [0.25, 0.3) is 0 Å². The molecule has 0 radical (unpaired) electrons. The standard InChI is InChI=1S/C18H28N4O/c1-15-12-17(6-7-19-15)22-9-3-8-21(10-11-22)14-16-4-5-18(23)20(2)13-16/h6-7,12,16H,3-5,8-11,13-14H2,1-2H3. The lowest BCUT2D eigenvalue weighted by molar-refractivity contribution is -0.133. The lowest BCUT2D eigenvalue weighted by Gasteiger charge is -2.33. The van der Waals surface area contributed by atoms with E-state index in [1.807, 2.05) is 18.1 Å². The van der Waals surface area contributed by atoms with Crippen molar-refractivity contribution in [1.29, 1.82) is 0 Å². The summed E-state index contributed by atoms with van der Waals surface area (Å²) in [6.45, 7) is 8.55. The maximum Gasteiger partial charge on any atom is 0.222 e. The fraction of sp³-hybridized carbons (Fsp3) is 0.667. The van der Waals surface area contributed by atoms with Crippen LogP contribution in [0.15, 0.2) is 18.3 Å². The van der Waals surface area contributed by atoms with Crippen LogP contribution in [0.4, 0.5) is 5.69 Å². The van der Waals surface area contributed by atoms with Crippen LogP contribution in [0, 0.1) is 12.8 Å². The molecular weight excluding hydrogens is 288 g/mol. The van der Waals surface area contributed by atoms with Crippen molar-refractivity contribution in [3.8, 4) is 0 Å². The van der Waals surface area contributed by atoms with E-state index in [0.29, 0.717) is 11.8 Å². The van der Waals surface area contributed by atoms with Crippen LogP contribution in [0.3, 0.4) is 0 Å². The van der Waals surface area contributed by atoms with Crippen molar-refractivity contribution in [1.82, 2.24) is 14.8 Å². The van der Waals surface area contributed by atoms with Crippen LogP contribution in [0.25, 0.3) is 0 Å². The molecular formula is C18H28N4O. The molecule has 0 aromatic carbocycles. The summed E-state index contributed by atoms with van der Waals surface area (Å²) in [4.78, 5) is 22.9. The first kappa shape index (κ1) is 16.2. The average molecular weight is 316 g/mol. The minimum absolute atomic E-state index is 0.302. The molecule has 2 aliphatic rings. The van der Waals surface area contributed by atoms with Gasteiger partial charge in [0, 0.05) is 63.8 Å². The van der Waals surface area contributed by atoms with Crippen LogP contribution in [0.2, 0.25) is 0 Å². The number of pyridine rings is 1. The molecule has 1 atom stereocenters. The largest absolute Gasteiger partial charge is 0.370 e. The number of rotatable bonds is 3. The predicted molar refractivity (Wildman–Crippen MR) is 92.6 cm³/mol. The topological polar surface area (TPSA) is 39.7 Å². The molecule has 23 heavy (non-hydrogen) atoms. The van der Waals surface area contributed by atoms with E-state index >= 15 is 0 Å². The van der Waals surface area contributed by atoms with Crippen molar-refractivity contribution < 1.29 is 4.79 Å². The Labute approximate surface area is 139 Å². The maximum absolute atomic E-state index is 11.6. The highest BCUT2D eigenvalue weighted by molar-refractivity contribution is 5.76. The molecule has 1 amide bonds. The number of carbonyl (C=O) groups is 1. The fourth-order valence-electron chi connectivity index (χ4n) is 3.75. The third kappa shape index (κ3) is 4.22. The van der Waals surface area contributed by atoms with E-state index in [0.717, 1.165) is 57.8 Å². The molecule has 1 unspecified atom stereocenters. The van der Waals surface area contributed by atoms with Gasteiger partial charge in [-0.2, -0.15) is 0 Å². The zero-order valence-corrected chi connectivity index (χ0v) is 14.4. The third-order valence-electron chi connectivity index (χ3n) is 5.07. The van der Waals surface area contributed by atoms with Gasteiger partial charge in [-0.3, -0.25) is 9.78 Å². The van der Waals surface area contributed by atoms with E-state index in [1.54, 1.807) is 0 Å². The molecule has 3 rings (SSSR count). The van der Waals surface area contributed by atoms with Crippen molar-refractivity contribution in [2.24, 2.45) is 5.92 Å². The maximum atomic E-state index is 11.6. The lowest BCUT2D eigenvalue weighted by Crippen LogP contribution is -2.42. The fourth-order valence-corrected chi connectivity index (χ4v) is 3.75. The Hall–Kier alpha value is -1.62. The molecule has 2 saturated heterocycles. The highest BCUT2D eigenvalue weighted by Gasteiger charge is 2.25. The Morgan fingerprint density at radius 3 is 2.91 bits per heavy atom.